The van der Waals surface area contributed by atoms with Gasteiger partial charge in [-0.25, -0.2) is 0 Å². The maximum Gasteiger partial charge on any atom is 0.317 e. The van der Waals surface area contributed by atoms with E-state index < -0.39 is 11.4 Å². The van der Waals surface area contributed by atoms with Crippen LogP contribution in [0.15, 0.2) is 29.3 Å². The van der Waals surface area contributed by atoms with Gasteiger partial charge in [0.2, 0.25) is 0 Å². The summed E-state index contributed by atoms with van der Waals surface area (Å²) >= 11 is 0. The van der Waals surface area contributed by atoms with Crippen LogP contribution in [0.3, 0.4) is 0 Å². The lowest BCUT2D eigenvalue weighted by atomic mass is 9.93. The molecule has 0 aliphatic heterocycles. The van der Waals surface area contributed by atoms with Crippen LogP contribution in [0.2, 0.25) is 0 Å². The van der Waals surface area contributed by atoms with Crippen molar-refractivity contribution in [3.63, 3.8) is 0 Å². The number of carbonyl (C=O) groups is 2. The number of carbonyl (C=O) groups excluding carboxylic acids is 2. The molecule has 0 heterocycles. The highest BCUT2D eigenvalue weighted by Gasteiger charge is 2.37. The molecule has 0 saturated carbocycles. The number of aliphatic hydroxyl groups is 1. The molecule has 9 nitrogen and oxygen atoms in total. The minimum Gasteiger partial charge on any atom is -0.464 e. The highest BCUT2D eigenvalue weighted by molar-refractivity contribution is 5.78. The normalized spacial score (nSPS) is 11.9. The van der Waals surface area contributed by atoms with Crippen molar-refractivity contribution in [2.75, 3.05) is 26.4 Å². The van der Waals surface area contributed by atoms with E-state index in [4.69, 9.17) is 30.8 Å². The second-order valence-corrected chi connectivity index (χ2v) is 8.27. The standard InChI is InChI=1S/C15H29N3O5.C8H10O.C2H6/c1-10(2)12(19)23-9-15(5,8-22-11(3)4)13(20)21-7-6-18-14(16)17;1-7-2-4-8(6-9)5-3-7;1-2/h10-11H,6-9H2,1-5H3,(H4,16,17,18);2-5,9H,6H2,1H3;1-2H3. The molecule has 0 aromatic heterocycles. The number of guanidine groups is 1. The van der Waals surface area contributed by atoms with Gasteiger partial charge >= 0.3 is 11.9 Å². The molecule has 0 aliphatic rings. The summed E-state index contributed by atoms with van der Waals surface area (Å²) in [4.78, 5) is 27.7. The van der Waals surface area contributed by atoms with E-state index in [2.05, 4.69) is 4.99 Å². The molecule has 9 heteroatoms. The molecule has 1 unspecified atom stereocenters. The summed E-state index contributed by atoms with van der Waals surface area (Å²) in [7, 11) is 0. The largest absolute Gasteiger partial charge is 0.464 e. The first-order chi connectivity index (χ1) is 15.9. The molecule has 1 atom stereocenters. The number of aryl methyl sites for hydroxylation is 1. The van der Waals surface area contributed by atoms with Gasteiger partial charge in [-0.1, -0.05) is 57.5 Å². The van der Waals surface area contributed by atoms with Crippen molar-refractivity contribution < 1.29 is 28.9 Å². The van der Waals surface area contributed by atoms with Crippen LogP contribution >= 0.6 is 0 Å². The lowest BCUT2D eigenvalue weighted by Gasteiger charge is -2.27. The van der Waals surface area contributed by atoms with Gasteiger partial charge in [0.15, 0.2) is 5.96 Å². The minimum absolute atomic E-state index is 0.0339. The van der Waals surface area contributed by atoms with Crippen LogP contribution in [-0.2, 0) is 30.4 Å². The summed E-state index contributed by atoms with van der Waals surface area (Å²) in [6.07, 6.45) is -0.0652. The number of aliphatic hydroxyl groups excluding tert-OH is 1. The van der Waals surface area contributed by atoms with Crippen LogP contribution in [0.5, 0.6) is 0 Å². The Labute approximate surface area is 204 Å². The smallest absolute Gasteiger partial charge is 0.317 e. The Morgan fingerprint density at radius 1 is 1.03 bits per heavy atom. The van der Waals surface area contributed by atoms with Crippen LogP contribution in [0.4, 0.5) is 0 Å². The van der Waals surface area contributed by atoms with Gasteiger partial charge in [0.05, 0.1) is 31.8 Å². The van der Waals surface area contributed by atoms with E-state index in [9.17, 15) is 9.59 Å². The molecule has 5 N–H and O–H groups in total. The highest BCUT2D eigenvalue weighted by atomic mass is 16.6. The highest BCUT2D eigenvalue weighted by Crippen LogP contribution is 2.21. The molecule has 1 aromatic rings. The summed E-state index contributed by atoms with van der Waals surface area (Å²) in [6.45, 7) is 15.1. The monoisotopic (exact) mass is 483 g/mol. The van der Waals surface area contributed by atoms with Crippen LogP contribution < -0.4 is 11.5 Å². The van der Waals surface area contributed by atoms with E-state index >= 15 is 0 Å². The van der Waals surface area contributed by atoms with Gasteiger partial charge in [-0.05, 0) is 33.3 Å². The average Bonchev–Trinajstić information content (AvgIpc) is 2.80. The summed E-state index contributed by atoms with van der Waals surface area (Å²) in [5.74, 6) is -1.25. The van der Waals surface area contributed by atoms with Crippen molar-refractivity contribution in [1.82, 2.24) is 0 Å². The van der Waals surface area contributed by atoms with Gasteiger partial charge < -0.3 is 30.8 Å². The second-order valence-electron chi connectivity index (χ2n) is 8.27. The van der Waals surface area contributed by atoms with E-state index in [-0.39, 0.29) is 56.9 Å². The Kier molecular flexibility index (Phi) is 18.5. The molecule has 0 fully saturated rings. The Hall–Kier alpha value is -2.65. The van der Waals surface area contributed by atoms with Crippen molar-refractivity contribution in [3.05, 3.63) is 35.4 Å². The zero-order valence-electron chi connectivity index (χ0n) is 22.1. The number of nitrogens with zero attached hydrogens (tertiary/aromatic N) is 1. The summed E-state index contributed by atoms with van der Waals surface area (Å²) in [5, 5.41) is 8.63. The van der Waals surface area contributed by atoms with Gasteiger partial charge in [0, 0.05) is 0 Å². The predicted molar refractivity (Wildman–Crippen MR) is 135 cm³/mol. The molecule has 0 spiro atoms. The number of esters is 2. The number of ether oxygens (including phenoxy) is 3. The van der Waals surface area contributed by atoms with E-state index in [0.717, 1.165) is 5.56 Å². The first kappa shape index (κ1) is 33.5. The topological polar surface area (TPSA) is 146 Å². The molecule has 0 aliphatic carbocycles. The van der Waals surface area contributed by atoms with Gasteiger partial charge in [0.1, 0.15) is 18.6 Å². The number of rotatable bonds is 11. The van der Waals surface area contributed by atoms with Crippen molar-refractivity contribution >= 4 is 17.9 Å². The molecule has 0 radical (unpaired) electrons. The zero-order valence-corrected chi connectivity index (χ0v) is 22.1. The zero-order chi connectivity index (χ0) is 26.7. The maximum atomic E-state index is 12.3. The van der Waals surface area contributed by atoms with Gasteiger partial charge in [-0.3, -0.25) is 14.6 Å². The molecular weight excluding hydrogens is 438 g/mol. The third kappa shape index (κ3) is 16.0. The number of hydrogen-bond donors (Lipinski definition) is 3. The van der Waals surface area contributed by atoms with Crippen LogP contribution in [-0.4, -0.2) is 55.5 Å². The summed E-state index contributed by atoms with van der Waals surface area (Å²) in [5.41, 5.74) is 11.5. The van der Waals surface area contributed by atoms with E-state index in [1.807, 2.05) is 58.9 Å². The second kappa shape index (κ2) is 18.7. The fourth-order valence-electron chi connectivity index (χ4n) is 2.09. The fraction of sp³-hybridized carbons (Fsp3) is 0.640. The molecule has 0 amide bonds. The fourth-order valence-corrected chi connectivity index (χ4v) is 2.09. The lowest BCUT2D eigenvalue weighted by Crippen LogP contribution is -2.41. The number of benzene rings is 1. The molecule has 0 saturated heterocycles. The van der Waals surface area contributed by atoms with Gasteiger partial charge in [-0.15, -0.1) is 0 Å². The first-order valence-corrected chi connectivity index (χ1v) is 11.6. The molecule has 34 heavy (non-hydrogen) atoms. The summed E-state index contributed by atoms with van der Waals surface area (Å²) in [6, 6.07) is 7.84. The van der Waals surface area contributed by atoms with Crippen molar-refractivity contribution in [2.45, 2.75) is 68.1 Å². The van der Waals surface area contributed by atoms with Crippen LogP contribution in [0.25, 0.3) is 0 Å². The van der Waals surface area contributed by atoms with Crippen molar-refractivity contribution in [2.24, 2.45) is 27.8 Å². The molecule has 1 aromatic carbocycles. The lowest BCUT2D eigenvalue weighted by molar-refractivity contribution is -0.169. The van der Waals surface area contributed by atoms with Crippen molar-refractivity contribution in [1.29, 1.82) is 0 Å². The number of nitrogens with two attached hydrogens (primary N) is 2. The Bertz CT molecular complexity index is 716. The molecular formula is C25H45N3O6. The maximum absolute atomic E-state index is 12.3. The molecule has 1 rings (SSSR count). The molecule has 0 bridgehead atoms. The Morgan fingerprint density at radius 3 is 2.03 bits per heavy atom. The average molecular weight is 484 g/mol. The third-order valence-corrected chi connectivity index (χ3v) is 4.15. The van der Waals surface area contributed by atoms with Crippen molar-refractivity contribution in [3.8, 4) is 0 Å². The third-order valence-electron chi connectivity index (χ3n) is 4.15. The number of hydrogen-bond acceptors (Lipinski definition) is 7. The van der Waals surface area contributed by atoms with E-state index in [1.165, 1.54) is 5.56 Å². The SMILES string of the molecule is CC.CC(C)OCC(C)(COC(=O)C(C)C)C(=O)OCCN=C(N)N.Cc1ccc(CO)cc1. The van der Waals surface area contributed by atoms with E-state index in [0.29, 0.717) is 0 Å². The van der Waals surface area contributed by atoms with Gasteiger partial charge in [-0.2, -0.15) is 0 Å². The Balaban J connectivity index is 0. The molecule has 196 valence electrons. The number of aliphatic imine (C=N–C) groups is 1. The Morgan fingerprint density at radius 2 is 1.59 bits per heavy atom. The van der Waals surface area contributed by atoms with Crippen LogP contribution in [0.1, 0.15) is 59.6 Å². The van der Waals surface area contributed by atoms with E-state index in [1.54, 1.807) is 20.8 Å². The minimum atomic E-state index is -1.09. The van der Waals surface area contributed by atoms with Gasteiger partial charge in [0.25, 0.3) is 0 Å². The van der Waals surface area contributed by atoms with Crippen LogP contribution in [0, 0.1) is 18.3 Å². The predicted octanol–water partition coefficient (Wildman–Crippen LogP) is 2.95. The summed E-state index contributed by atoms with van der Waals surface area (Å²) < 4.78 is 15.8. The quantitative estimate of drug-likeness (QED) is 0.188. The first-order valence-electron chi connectivity index (χ1n) is 11.6.